The Labute approximate surface area is 133 Å². The van der Waals surface area contributed by atoms with Crippen molar-refractivity contribution in [1.82, 2.24) is 4.98 Å². The summed E-state index contributed by atoms with van der Waals surface area (Å²) in [7, 11) is 0. The Morgan fingerprint density at radius 3 is 2.86 bits per heavy atom. The lowest BCUT2D eigenvalue weighted by molar-refractivity contribution is -0.384. The summed E-state index contributed by atoms with van der Waals surface area (Å²) >= 11 is 4.44. The number of thiophene rings is 1. The summed E-state index contributed by atoms with van der Waals surface area (Å²) in [6, 6.07) is 2.97. The van der Waals surface area contributed by atoms with Gasteiger partial charge in [0, 0.05) is 21.6 Å². The molecule has 2 rings (SSSR count). The van der Waals surface area contributed by atoms with Crippen molar-refractivity contribution in [1.29, 1.82) is 0 Å². The van der Waals surface area contributed by atoms with Crippen LogP contribution in [-0.4, -0.2) is 22.5 Å². The lowest BCUT2D eigenvalue weighted by atomic mass is 10.2. The second-order valence-corrected chi connectivity index (χ2v) is 6.25. The summed E-state index contributed by atoms with van der Waals surface area (Å²) < 4.78 is 5.49. The van der Waals surface area contributed by atoms with Crippen LogP contribution in [0.3, 0.4) is 0 Å². The molecule has 6 nitrogen and oxygen atoms in total. The maximum atomic E-state index is 11.8. The Kier molecular flexibility index (Phi) is 4.69. The minimum atomic E-state index is -0.494. The van der Waals surface area contributed by atoms with Gasteiger partial charge in [-0.2, -0.15) is 0 Å². The molecule has 0 saturated carbocycles. The van der Waals surface area contributed by atoms with E-state index in [4.69, 9.17) is 4.74 Å². The normalized spacial score (nSPS) is 10.4. The van der Waals surface area contributed by atoms with Gasteiger partial charge in [-0.25, -0.2) is 9.78 Å². The highest BCUT2D eigenvalue weighted by Crippen LogP contribution is 2.36. The number of carbonyl (C=O) groups excluding carboxylic acids is 1. The third-order valence-electron chi connectivity index (χ3n) is 2.68. The van der Waals surface area contributed by atoms with Gasteiger partial charge in [-0.1, -0.05) is 0 Å². The Morgan fingerprint density at radius 2 is 2.24 bits per heavy atom. The molecule has 8 heteroatoms. The zero-order valence-electron chi connectivity index (χ0n) is 11.3. The highest BCUT2D eigenvalue weighted by molar-refractivity contribution is 9.10. The van der Waals surface area contributed by atoms with Crippen LogP contribution in [0.25, 0.3) is 10.6 Å². The number of hydrogen-bond acceptors (Lipinski definition) is 6. The van der Waals surface area contributed by atoms with Crippen molar-refractivity contribution < 1.29 is 14.5 Å². The van der Waals surface area contributed by atoms with Gasteiger partial charge in [-0.05, 0) is 35.8 Å². The van der Waals surface area contributed by atoms with Crippen molar-refractivity contribution in [2.75, 3.05) is 6.61 Å². The third-order valence-corrected chi connectivity index (χ3v) is 4.17. The Morgan fingerprint density at radius 1 is 1.52 bits per heavy atom. The topological polar surface area (TPSA) is 82.3 Å². The standard InChI is InChI=1S/C13H11BrN2O4S/c1-3-20-13(17)9-5-11(21-7(9)2)12-10(16(18)19)4-8(14)6-15-12/h4-6H,3H2,1-2H3. The summed E-state index contributed by atoms with van der Waals surface area (Å²) in [5, 5.41) is 11.1. The van der Waals surface area contributed by atoms with E-state index in [1.165, 1.54) is 23.6 Å². The Bertz CT molecular complexity index is 714. The number of aryl methyl sites for hydroxylation is 1. The van der Waals surface area contributed by atoms with E-state index in [2.05, 4.69) is 20.9 Å². The lowest BCUT2D eigenvalue weighted by Gasteiger charge is -2.00. The fourth-order valence-corrected chi connectivity index (χ4v) is 3.10. The highest BCUT2D eigenvalue weighted by atomic mass is 79.9. The zero-order chi connectivity index (χ0) is 15.6. The molecule has 0 aromatic carbocycles. The summed E-state index contributed by atoms with van der Waals surface area (Å²) in [6.07, 6.45) is 1.49. The van der Waals surface area contributed by atoms with Gasteiger partial charge in [0.2, 0.25) is 0 Å². The van der Waals surface area contributed by atoms with Gasteiger partial charge in [0.05, 0.1) is 22.0 Å². The molecular formula is C13H11BrN2O4S. The van der Waals surface area contributed by atoms with Crippen LogP contribution in [-0.2, 0) is 4.74 Å². The molecule has 0 bridgehead atoms. The van der Waals surface area contributed by atoms with Gasteiger partial charge in [0.15, 0.2) is 5.69 Å². The van der Waals surface area contributed by atoms with Crippen molar-refractivity contribution in [2.45, 2.75) is 13.8 Å². The van der Waals surface area contributed by atoms with Gasteiger partial charge in [0.25, 0.3) is 5.69 Å². The maximum absolute atomic E-state index is 11.8. The van der Waals surface area contributed by atoms with E-state index in [1.807, 2.05) is 0 Å². The van der Waals surface area contributed by atoms with Crippen molar-refractivity contribution in [3.63, 3.8) is 0 Å². The molecule has 0 aliphatic heterocycles. The molecule has 0 amide bonds. The molecule has 0 saturated heterocycles. The molecule has 2 aromatic rings. The van der Waals surface area contributed by atoms with Crippen LogP contribution in [0.5, 0.6) is 0 Å². The maximum Gasteiger partial charge on any atom is 0.339 e. The second-order valence-electron chi connectivity index (χ2n) is 4.08. The molecule has 0 aliphatic rings. The van der Waals surface area contributed by atoms with E-state index < -0.39 is 10.9 Å². The first-order valence-corrected chi connectivity index (χ1v) is 7.62. The number of hydrogen-bond donors (Lipinski definition) is 0. The quantitative estimate of drug-likeness (QED) is 0.462. The fraction of sp³-hybridized carbons (Fsp3) is 0.231. The molecule has 2 aromatic heterocycles. The summed E-state index contributed by atoms with van der Waals surface area (Å²) in [6.45, 7) is 3.77. The number of ether oxygens (including phenoxy) is 1. The number of esters is 1. The molecule has 0 N–H and O–H groups in total. The van der Waals surface area contributed by atoms with Crippen LogP contribution in [0.15, 0.2) is 22.8 Å². The Balaban J connectivity index is 2.51. The van der Waals surface area contributed by atoms with E-state index in [-0.39, 0.29) is 18.0 Å². The molecule has 0 aliphatic carbocycles. The first-order valence-electron chi connectivity index (χ1n) is 6.02. The van der Waals surface area contributed by atoms with Crippen LogP contribution in [0, 0.1) is 17.0 Å². The van der Waals surface area contributed by atoms with Gasteiger partial charge < -0.3 is 4.74 Å². The van der Waals surface area contributed by atoms with Crippen LogP contribution >= 0.6 is 27.3 Å². The van der Waals surface area contributed by atoms with Gasteiger partial charge in [-0.3, -0.25) is 10.1 Å². The van der Waals surface area contributed by atoms with Crippen molar-refractivity contribution >= 4 is 38.9 Å². The number of halogens is 1. The smallest absolute Gasteiger partial charge is 0.339 e. The predicted molar refractivity (Wildman–Crippen MR) is 82.6 cm³/mol. The molecule has 0 fully saturated rings. The number of carbonyl (C=O) groups is 1. The van der Waals surface area contributed by atoms with E-state index >= 15 is 0 Å². The molecule has 0 radical (unpaired) electrons. The summed E-state index contributed by atoms with van der Waals surface area (Å²) in [5.74, 6) is -0.433. The highest BCUT2D eigenvalue weighted by Gasteiger charge is 2.22. The number of aromatic nitrogens is 1. The average Bonchev–Trinajstić information content (AvgIpc) is 2.80. The van der Waals surface area contributed by atoms with Crippen LogP contribution < -0.4 is 0 Å². The molecule has 2 heterocycles. The number of pyridine rings is 1. The number of nitrogens with zero attached hydrogens (tertiary/aromatic N) is 2. The van der Waals surface area contributed by atoms with Gasteiger partial charge in [-0.15, -0.1) is 11.3 Å². The monoisotopic (exact) mass is 370 g/mol. The van der Waals surface area contributed by atoms with Crippen LogP contribution in [0.4, 0.5) is 5.69 Å². The summed E-state index contributed by atoms with van der Waals surface area (Å²) in [4.78, 5) is 27.8. The molecular weight excluding hydrogens is 360 g/mol. The third kappa shape index (κ3) is 3.27. The molecule has 110 valence electrons. The Hall–Kier alpha value is -1.80. The molecule has 0 unspecified atom stereocenters. The van der Waals surface area contributed by atoms with Gasteiger partial charge >= 0.3 is 5.97 Å². The zero-order valence-corrected chi connectivity index (χ0v) is 13.7. The second kappa shape index (κ2) is 6.31. The van der Waals surface area contributed by atoms with Crippen LogP contribution in [0.1, 0.15) is 22.2 Å². The molecule has 21 heavy (non-hydrogen) atoms. The first kappa shape index (κ1) is 15.6. The minimum Gasteiger partial charge on any atom is -0.462 e. The summed E-state index contributed by atoms with van der Waals surface area (Å²) in [5.41, 5.74) is 0.545. The van der Waals surface area contributed by atoms with Crippen molar-refractivity contribution in [3.05, 3.63) is 43.4 Å². The molecule has 0 spiro atoms. The average molecular weight is 371 g/mol. The largest absolute Gasteiger partial charge is 0.462 e. The van der Waals surface area contributed by atoms with E-state index in [1.54, 1.807) is 19.9 Å². The fourth-order valence-electron chi connectivity index (χ4n) is 1.77. The molecule has 0 atom stereocenters. The SMILES string of the molecule is CCOC(=O)c1cc(-c2ncc(Br)cc2[N+](=O)[O-])sc1C. The number of nitro groups is 1. The lowest BCUT2D eigenvalue weighted by Crippen LogP contribution is -2.04. The van der Waals surface area contributed by atoms with Crippen molar-refractivity contribution in [2.24, 2.45) is 0 Å². The minimum absolute atomic E-state index is 0.110. The van der Waals surface area contributed by atoms with Crippen molar-refractivity contribution in [3.8, 4) is 10.6 Å². The van der Waals surface area contributed by atoms with E-state index in [0.717, 1.165) is 4.88 Å². The van der Waals surface area contributed by atoms with E-state index in [0.29, 0.717) is 14.9 Å². The van der Waals surface area contributed by atoms with Gasteiger partial charge in [0.1, 0.15) is 0 Å². The number of rotatable bonds is 4. The first-order chi connectivity index (χ1) is 9.93. The predicted octanol–water partition coefficient (Wildman–Crippen LogP) is 3.97. The van der Waals surface area contributed by atoms with Crippen LogP contribution in [0.2, 0.25) is 0 Å². The van der Waals surface area contributed by atoms with E-state index in [9.17, 15) is 14.9 Å².